The van der Waals surface area contributed by atoms with Crippen LogP contribution in [0.4, 0.5) is 0 Å². The minimum absolute atomic E-state index is 0.0643. The molecule has 0 spiro atoms. The summed E-state index contributed by atoms with van der Waals surface area (Å²) in [5.74, 6) is 0. The molecule has 4 heteroatoms. The molecule has 0 aliphatic heterocycles. The summed E-state index contributed by atoms with van der Waals surface area (Å²) in [4.78, 5) is 0. The van der Waals surface area contributed by atoms with Crippen LogP contribution in [0, 0.1) is 0 Å². The minimum atomic E-state index is -2.83. The Hall–Kier alpha value is -1.46. The van der Waals surface area contributed by atoms with Crippen molar-refractivity contribution in [2.24, 2.45) is 0 Å². The zero-order valence-electron chi connectivity index (χ0n) is 19.3. The van der Waals surface area contributed by atoms with E-state index in [2.05, 4.69) is 104 Å². The van der Waals surface area contributed by atoms with Gasteiger partial charge in [0, 0.05) is 11.1 Å². The van der Waals surface area contributed by atoms with Gasteiger partial charge in [-0.2, -0.15) is 0 Å². The lowest BCUT2D eigenvalue weighted by molar-refractivity contribution is -0.0651. The molecule has 2 aromatic carbocycles. The van der Waals surface area contributed by atoms with E-state index in [1.165, 1.54) is 0 Å². The van der Waals surface area contributed by atoms with Crippen molar-refractivity contribution in [2.45, 2.75) is 84.8 Å². The van der Waals surface area contributed by atoms with Gasteiger partial charge in [-0.05, 0) is 45.4 Å². The maximum absolute atomic E-state index is 7.01. The van der Waals surface area contributed by atoms with Crippen LogP contribution >= 0.6 is 0 Å². The number of hydrogen-bond acceptors (Lipinski definition) is 3. The van der Waals surface area contributed by atoms with Gasteiger partial charge in [0.25, 0.3) is 0 Å². The van der Waals surface area contributed by atoms with Crippen LogP contribution in [0.5, 0.6) is 0 Å². The molecule has 0 heterocycles. The van der Waals surface area contributed by atoms with Crippen molar-refractivity contribution < 1.29 is 13.6 Å². The summed E-state index contributed by atoms with van der Waals surface area (Å²) in [5, 5.41) is 0.996. The molecular formula is C25H38O3Si. The lowest BCUT2D eigenvalue weighted by Gasteiger charge is -2.45. The van der Waals surface area contributed by atoms with E-state index in [1.54, 1.807) is 0 Å². The minimum Gasteiger partial charge on any atom is -0.388 e. The van der Waals surface area contributed by atoms with E-state index in [0.717, 1.165) is 10.8 Å². The van der Waals surface area contributed by atoms with Crippen LogP contribution in [0.25, 0.3) is 0 Å². The second-order valence-corrected chi connectivity index (χ2v) is 13.0. The number of rotatable bonds is 9. The molecule has 0 fully saturated rings. The fourth-order valence-electron chi connectivity index (χ4n) is 3.66. The summed E-state index contributed by atoms with van der Waals surface area (Å²) in [7, 11) is -2.83. The summed E-state index contributed by atoms with van der Waals surface area (Å²) in [6, 6.07) is 20.8. The highest BCUT2D eigenvalue weighted by Crippen LogP contribution is 2.41. The zero-order chi connectivity index (χ0) is 21.7. The van der Waals surface area contributed by atoms with E-state index in [0.29, 0.717) is 0 Å². The molecule has 2 rings (SSSR count). The molecule has 2 aromatic rings. The first-order valence-electron chi connectivity index (χ1n) is 10.7. The maximum Gasteiger partial charge on any atom is 0.378 e. The normalized spacial score (nSPS) is 16.6. The van der Waals surface area contributed by atoms with Gasteiger partial charge in [-0.25, -0.2) is 0 Å². The van der Waals surface area contributed by atoms with E-state index in [1.807, 2.05) is 12.1 Å². The number of benzene rings is 2. The Balaban J connectivity index is 2.50. The van der Waals surface area contributed by atoms with Crippen LogP contribution in [0.15, 0.2) is 60.7 Å². The molecule has 1 unspecified atom stereocenters. The molecule has 0 saturated heterocycles. The molecule has 3 nitrogen and oxygen atoms in total. The average Bonchev–Trinajstić information content (AvgIpc) is 2.65. The molecule has 0 aliphatic carbocycles. The van der Waals surface area contributed by atoms with Gasteiger partial charge in [0.15, 0.2) is 0 Å². The highest BCUT2D eigenvalue weighted by Gasteiger charge is 2.53. The van der Waals surface area contributed by atoms with Crippen LogP contribution in [-0.2, 0) is 13.6 Å². The van der Waals surface area contributed by atoms with Crippen LogP contribution in [0.2, 0.25) is 5.04 Å². The Labute approximate surface area is 178 Å². The maximum atomic E-state index is 7.01. The van der Waals surface area contributed by atoms with Gasteiger partial charge in [0.2, 0.25) is 0 Å². The van der Waals surface area contributed by atoms with Gasteiger partial charge >= 0.3 is 8.56 Å². The van der Waals surface area contributed by atoms with E-state index in [-0.39, 0.29) is 29.5 Å². The molecule has 0 aromatic heterocycles. The third kappa shape index (κ3) is 6.02. The molecule has 160 valence electrons. The predicted octanol–water partition coefficient (Wildman–Crippen LogP) is 6.13. The summed E-state index contributed by atoms with van der Waals surface area (Å²) < 4.78 is 20.1. The average molecular weight is 415 g/mol. The fraction of sp³-hybridized carbons (Fsp3) is 0.520. The Morgan fingerprint density at radius 3 is 1.66 bits per heavy atom. The third-order valence-electron chi connectivity index (χ3n) is 4.87. The Bertz CT molecular complexity index is 725. The summed E-state index contributed by atoms with van der Waals surface area (Å²) in [6.07, 6.45) is -0.163. The summed E-state index contributed by atoms with van der Waals surface area (Å²) in [6.45, 7) is 17.1. The summed E-state index contributed by atoms with van der Waals surface area (Å²) >= 11 is 0. The molecule has 0 bridgehead atoms. The fourth-order valence-corrected chi connectivity index (χ4v) is 7.50. The molecule has 0 N–H and O–H groups in total. The van der Waals surface area contributed by atoms with Crippen molar-refractivity contribution in [2.75, 3.05) is 0 Å². The van der Waals surface area contributed by atoms with Crippen molar-refractivity contribution in [1.29, 1.82) is 0 Å². The quantitative estimate of drug-likeness (QED) is 0.462. The van der Waals surface area contributed by atoms with Gasteiger partial charge < -0.3 is 13.6 Å². The van der Waals surface area contributed by atoms with Gasteiger partial charge in [-0.15, -0.1) is 0 Å². The first-order valence-corrected chi connectivity index (χ1v) is 12.5. The van der Waals surface area contributed by atoms with Crippen molar-refractivity contribution >= 4 is 13.7 Å². The molecule has 29 heavy (non-hydrogen) atoms. The first-order chi connectivity index (χ1) is 13.6. The molecule has 3 atom stereocenters. The largest absolute Gasteiger partial charge is 0.388 e. The van der Waals surface area contributed by atoms with E-state index >= 15 is 0 Å². The number of ether oxygens (including phenoxy) is 1. The second kappa shape index (κ2) is 10.0. The molecule has 0 saturated carbocycles. The monoisotopic (exact) mass is 414 g/mol. The number of hydrogen-bond donors (Lipinski definition) is 0. The van der Waals surface area contributed by atoms with Crippen molar-refractivity contribution in [3.8, 4) is 0 Å². The molecular weight excluding hydrogens is 376 g/mol. The summed E-state index contributed by atoms with van der Waals surface area (Å²) in [5.41, 5.74) is 1.13. The smallest absolute Gasteiger partial charge is 0.378 e. The first kappa shape index (κ1) is 23.8. The lowest BCUT2D eigenvalue weighted by atomic mass is 10.1. The Morgan fingerprint density at radius 1 is 0.690 bits per heavy atom. The van der Waals surface area contributed by atoms with Crippen LogP contribution in [0.3, 0.4) is 0 Å². The molecule has 0 aliphatic rings. The van der Waals surface area contributed by atoms with Gasteiger partial charge in [-0.3, -0.25) is 0 Å². The standard InChI is InChI=1S/C25H38O3Si/c1-19(2)26-24(22-15-11-9-12-16-22)21(5)28-29(25(6,7)8,27-20(3)4)23-17-13-10-14-18-23/h9-21,24H,1-8H3/t21-,24-,29?/m0/s1. The highest BCUT2D eigenvalue weighted by atomic mass is 28.4. The van der Waals surface area contributed by atoms with Crippen molar-refractivity contribution in [1.82, 2.24) is 0 Å². The van der Waals surface area contributed by atoms with Crippen molar-refractivity contribution in [3.63, 3.8) is 0 Å². The van der Waals surface area contributed by atoms with Gasteiger partial charge in [0.1, 0.15) is 6.10 Å². The Kier molecular flexibility index (Phi) is 8.24. The third-order valence-corrected chi connectivity index (χ3v) is 9.44. The van der Waals surface area contributed by atoms with E-state index in [9.17, 15) is 0 Å². The Morgan fingerprint density at radius 2 is 1.21 bits per heavy atom. The van der Waals surface area contributed by atoms with Crippen LogP contribution < -0.4 is 5.19 Å². The topological polar surface area (TPSA) is 27.7 Å². The highest BCUT2D eigenvalue weighted by molar-refractivity contribution is 6.83. The van der Waals surface area contributed by atoms with E-state index < -0.39 is 8.56 Å². The van der Waals surface area contributed by atoms with E-state index in [4.69, 9.17) is 13.6 Å². The SMILES string of the molecule is CC(C)O[C@H](c1ccccc1)[C@H](C)O[Si](OC(C)C)(c1ccccc1)C(C)(C)C. The van der Waals surface area contributed by atoms with Crippen LogP contribution in [-0.4, -0.2) is 26.9 Å². The van der Waals surface area contributed by atoms with Crippen LogP contribution in [0.1, 0.15) is 67.1 Å². The molecule has 0 amide bonds. The molecule has 0 radical (unpaired) electrons. The lowest BCUT2D eigenvalue weighted by Crippen LogP contribution is -2.63. The second-order valence-electron chi connectivity index (χ2n) is 9.24. The van der Waals surface area contributed by atoms with Gasteiger partial charge in [0.05, 0.1) is 12.2 Å². The van der Waals surface area contributed by atoms with Crippen molar-refractivity contribution in [3.05, 3.63) is 66.2 Å². The predicted molar refractivity (Wildman–Crippen MR) is 124 cm³/mol. The van der Waals surface area contributed by atoms with Gasteiger partial charge in [-0.1, -0.05) is 81.4 Å². The zero-order valence-corrected chi connectivity index (χ0v) is 20.3.